The molecule has 0 aliphatic heterocycles. The van der Waals surface area contributed by atoms with Gasteiger partial charge >= 0.3 is 0 Å². The first-order chi connectivity index (χ1) is 11.7. The van der Waals surface area contributed by atoms with E-state index in [1.807, 2.05) is 30.3 Å². The van der Waals surface area contributed by atoms with Crippen LogP contribution in [0.1, 0.15) is 16.2 Å². The van der Waals surface area contributed by atoms with Crippen LogP contribution in [0.5, 0.6) is 5.75 Å². The molecule has 0 bridgehead atoms. The third kappa shape index (κ3) is 3.43. The Morgan fingerprint density at radius 2 is 1.83 bits per heavy atom. The standard InChI is InChI=1S/C18H17N3O3/c1-21(18(22)14-8-10-15(23-2)11-9-14)12-16-19-17(20-24-16)13-6-4-3-5-7-13/h3-11H,12H2,1-2H3. The minimum Gasteiger partial charge on any atom is -0.497 e. The highest BCUT2D eigenvalue weighted by atomic mass is 16.5. The Hall–Kier alpha value is -3.15. The molecule has 0 radical (unpaired) electrons. The average molecular weight is 323 g/mol. The van der Waals surface area contributed by atoms with Gasteiger partial charge in [-0.05, 0) is 24.3 Å². The first kappa shape index (κ1) is 15.7. The summed E-state index contributed by atoms with van der Waals surface area (Å²) in [5.41, 5.74) is 1.44. The monoisotopic (exact) mass is 323 g/mol. The normalized spacial score (nSPS) is 10.4. The fraction of sp³-hybridized carbons (Fsp3) is 0.167. The van der Waals surface area contributed by atoms with E-state index in [1.54, 1.807) is 38.4 Å². The fourth-order valence-corrected chi connectivity index (χ4v) is 2.25. The van der Waals surface area contributed by atoms with Gasteiger partial charge in [0, 0.05) is 18.2 Å². The average Bonchev–Trinajstić information content (AvgIpc) is 3.10. The largest absolute Gasteiger partial charge is 0.497 e. The molecular weight excluding hydrogens is 306 g/mol. The molecule has 6 heteroatoms. The molecule has 2 aromatic carbocycles. The zero-order chi connectivity index (χ0) is 16.9. The van der Waals surface area contributed by atoms with E-state index < -0.39 is 0 Å². The van der Waals surface area contributed by atoms with Gasteiger partial charge in [0.05, 0.1) is 13.7 Å². The van der Waals surface area contributed by atoms with E-state index in [0.717, 1.165) is 5.56 Å². The highest BCUT2D eigenvalue weighted by Crippen LogP contribution is 2.17. The second-order valence-corrected chi connectivity index (χ2v) is 5.27. The number of methoxy groups -OCH3 is 1. The molecule has 6 nitrogen and oxygen atoms in total. The van der Waals surface area contributed by atoms with Crippen molar-refractivity contribution in [1.29, 1.82) is 0 Å². The van der Waals surface area contributed by atoms with Gasteiger partial charge in [-0.25, -0.2) is 0 Å². The van der Waals surface area contributed by atoms with E-state index in [4.69, 9.17) is 9.26 Å². The lowest BCUT2D eigenvalue weighted by molar-refractivity contribution is 0.0769. The quantitative estimate of drug-likeness (QED) is 0.722. The summed E-state index contributed by atoms with van der Waals surface area (Å²) in [5, 5.41) is 3.95. The number of hydrogen-bond acceptors (Lipinski definition) is 5. The van der Waals surface area contributed by atoms with E-state index in [0.29, 0.717) is 23.0 Å². The Morgan fingerprint density at radius 1 is 1.12 bits per heavy atom. The summed E-state index contributed by atoms with van der Waals surface area (Å²) in [7, 11) is 3.28. The first-order valence-corrected chi connectivity index (χ1v) is 7.45. The zero-order valence-electron chi connectivity index (χ0n) is 13.5. The van der Waals surface area contributed by atoms with Crippen LogP contribution >= 0.6 is 0 Å². The second kappa shape index (κ2) is 6.95. The fourth-order valence-electron chi connectivity index (χ4n) is 2.25. The van der Waals surface area contributed by atoms with Gasteiger partial charge in [-0.3, -0.25) is 4.79 Å². The number of rotatable bonds is 5. The van der Waals surface area contributed by atoms with Gasteiger partial charge < -0.3 is 14.2 Å². The van der Waals surface area contributed by atoms with Crippen LogP contribution in [0.15, 0.2) is 59.1 Å². The van der Waals surface area contributed by atoms with Gasteiger partial charge in [0.25, 0.3) is 5.91 Å². The Balaban J connectivity index is 1.69. The van der Waals surface area contributed by atoms with Gasteiger partial charge in [-0.1, -0.05) is 35.5 Å². The summed E-state index contributed by atoms with van der Waals surface area (Å²) in [4.78, 5) is 18.3. The molecule has 3 rings (SSSR count). The molecule has 0 unspecified atom stereocenters. The first-order valence-electron chi connectivity index (χ1n) is 7.45. The maximum Gasteiger partial charge on any atom is 0.254 e. The highest BCUT2D eigenvalue weighted by Gasteiger charge is 2.16. The summed E-state index contributed by atoms with van der Waals surface area (Å²) in [6.07, 6.45) is 0. The third-order valence-electron chi connectivity index (χ3n) is 3.56. The van der Waals surface area contributed by atoms with Crippen LogP contribution in [0, 0.1) is 0 Å². The maximum atomic E-state index is 12.4. The number of amides is 1. The minimum absolute atomic E-state index is 0.128. The van der Waals surface area contributed by atoms with Crippen LogP contribution in [-0.4, -0.2) is 35.1 Å². The molecule has 122 valence electrons. The topological polar surface area (TPSA) is 68.5 Å². The number of nitrogens with zero attached hydrogens (tertiary/aromatic N) is 3. The van der Waals surface area contributed by atoms with Gasteiger partial charge in [0.15, 0.2) is 0 Å². The van der Waals surface area contributed by atoms with Crippen molar-refractivity contribution in [3.8, 4) is 17.1 Å². The molecule has 0 fully saturated rings. The van der Waals surface area contributed by atoms with Crippen molar-refractivity contribution < 1.29 is 14.1 Å². The minimum atomic E-state index is -0.128. The molecule has 0 saturated carbocycles. The lowest BCUT2D eigenvalue weighted by atomic mass is 10.2. The second-order valence-electron chi connectivity index (χ2n) is 5.27. The van der Waals surface area contributed by atoms with Crippen LogP contribution in [0.3, 0.4) is 0 Å². The molecule has 0 spiro atoms. The van der Waals surface area contributed by atoms with Gasteiger partial charge in [-0.15, -0.1) is 0 Å². The molecule has 3 aromatic rings. The molecule has 1 aromatic heterocycles. The number of carbonyl (C=O) groups excluding carboxylic acids is 1. The van der Waals surface area contributed by atoms with Crippen LogP contribution in [-0.2, 0) is 6.54 Å². The van der Waals surface area contributed by atoms with E-state index in [-0.39, 0.29) is 12.5 Å². The summed E-state index contributed by atoms with van der Waals surface area (Å²) in [6, 6.07) is 16.5. The number of hydrogen-bond donors (Lipinski definition) is 0. The lowest BCUT2D eigenvalue weighted by Gasteiger charge is -2.14. The van der Waals surface area contributed by atoms with E-state index >= 15 is 0 Å². The van der Waals surface area contributed by atoms with Crippen molar-refractivity contribution in [3.05, 3.63) is 66.1 Å². The molecule has 1 amide bonds. The molecule has 24 heavy (non-hydrogen) atoms. The van der Waals surface area contributed by atoms with Crippen LogP contribution < -0.4 is 4.74 Å². The summed E-state index contributed by atoms with van der Waals surface area (Å²) in [6.45, 7) is 0.241. The maximum absolute atomic E-state index is 12.4. The number of carbonyl (C=O) groups is 1. The summed E-state index contributed by atoms with van der Waals surface area (Å²) in [5.74, 6) is 1.48. The van der Waals surface area contributed by atoms with E-state index in [9.17, 15) is 4.79 Å². The number of aromatic nitrogens is 2. The molecule has 1 heterocycles. The molecule has 0 aliphatic carbocycles. The van der Waals surface area contributed by atoms with Crippen molar-refractivity contribution >= 4 is 5.91 Å². The number of ether oxygens (including phenoxy) is 1. The van der Waals surface area contributed by atoms with Crippen molar-refractivity contribution in [3.63, 3.8) is 0 Å². The Morgan fingerprint density at radius 3 is 2.50 bits per heavy atom. The SMILES string of the molecule is COc1ccc(C(=O)N(C)Cc2nc(-c3ccccc3)no2)cc1. The Kier molecular flexibility index (Phi) is 4.56. The van der Waals surface area contributed by atoms with E-state index in [1.165, 1.54) is 4.90 Å². The zero-order valence-corrected chi connectivity index (χ0v) is 13.5. The molecule has 0 atom stereocenters. The van der Waals surface area contributed by atoms with Gasteiger partial charge in [0.1, 0.15) is 5.75 Å². The lowest BCUT2D eigenvalue weighted by Crippen LogP contribution is -2.26. The number of benzene rings is 2. The molecule has 0 aliphatic rings. The predicted molar refractivity (Wildman–Crippen MR) is 88.5 cm³/mol. The Labute approximate surface area is 139 Å². The van der Waals surface area contributed by atoms with Crippen molar-refractivity contribution in [2.75, 3.05) is 14.2 Å². The van der Waals surface area contributed by atoms with Crippen LogP contribution in [0.2, 0.25) is 0 Å². The van der Waals surface area contributed by atoms with Crippen molar-refractivity contribution in [2.45, 2.75) is 6.54 Å². The summed E-state index contributed by atoms with van der Waals surface area (Å²) >= 11 is 0. The van der Waals surface area contributed by atoms with Crippen LogP contribution in [0.4, 0.5) is 0 Å². The molecular formula is C18H17N3O3. The highest BCUT2D eigenvalue weighted by molar-refractivity contribution is 5.94. The Bertz CT molecular complexity index is 813. The summed E-state index contributed by atoms with van der Waals surface area (Å²) < 4.78 is 10.3. The molecule has 0 saturated heterocycles. The third-order valence-corrected chi connectivity index (χ3v) is 3.56. The van der Waals surface area contributed by atoms with Crippen molar-refractivity contribution in [2.24, 2.45) is 0 Å². The molecule has 0 N–H and O–H groups in total. The smallest absolute Gasteiger partial charge is 0.254 e. The van der Waals surface area contributed by atoms with Gasteiger partial charge in [0.2, 0.25) is 11.7 Å². The van der Waals surface area contributed by atoms with Gasteiger partial charge in [-0.2, -0.15) is 4.98 Å². The van der Waals surface area contributed by atoms with Crippen LogP contribution in [0.25, 0.3) is 11.4 Å². The predicted octanol–water partition coefficient (Wildman–Crippen LogP) is 3.02. The van der Waals surface area contributed by atoms with E-state index in [2.05, 4.69) is 10.1 Å². The van der Waals surface area contributed by atoms with Crippen molar-refractivity contribution in [1.82, 2.24) is 15.0 Å².